The molecule has 2 bridgehead atoms. The van der Waals surface area contributed by atoms with Crippen LogP contribution in [-0.2, 0) is 11.8 Å². The first-order valence-electron chi connectivity index (χ1n) is 10.7. The molecule has 3 aliphatic heterocycles. The minimum atomic E-state index is -0.120. The molecule has 0 saturated carbocycles. The first-order valence-corrected chi connectivity index (χ1v) is 11.0. The van der Waals surface area contributed by atoms with Gasteiger partial charge in [0.15, 0.2) is 11.2 Å². The Bertz CT molecular complexity index is 942. The number of halogens is 1. The monoisotopic (exact) mass is 423 g/mol. The van der Waals surface area contributed by atoms with Gasteiger partial charge in [0.05, 0.1) is 18.2 Å². The van der Waals surface area contributed by atoms with E-state index in [0.717, 1.165) is 32.2 Å². The molecule has 5 rings (SSSR count). The van der Waals surface area contributed by atoms with Gasteiger partial charge in [-0.15, -0.1) is 0 Å². The fourth-order valence-corrected chi connectivity index (χ4v) is 5.01. The summed E-state index contributed by atoms with van der Waals surface area (Å²) in [6, 6.07) is 0.353. The van der Waals surface area contributed by atoms with E-state index < -0.39 is 0 Å². The molecule has 0 N–H and O–H groups in total. The standard InChI is InChI=1S/C18H24ClN5O3.C2H6/c1-22-7-3-4-10(22)9-26-16-14-15(20-17(19)21-16)24(18(25)23(14)2)12-8-11-5-6-13(12)27-11;1-2/h10-13H,3-9H2,1-2H3;1-2H3/t10-,11?,12-,13?;/m0./s1. The van der Waals surface area contributed by atoms with Gasteiger partial charge in [0.2, 0.25) is 11.2 Å². The number of fused-ring (bicyclic) bond motifs is 3. The number of aryl methyl sites for hydroxylation is 1. The van der Waals surface area contributed by atoms with Crippen LogP contribution in [0.1, 0.15) is 52.0 Å². The molecule has 3 aliphatic rings. The van der Waals surface area contributed by atoms with E-state index in [1.807, 2.05) is 13.8 Å². The third-order valence-electron chi connectivity index (χ3n) is 6.35. The highest BCUT2D eigenvalue weighted by Crippen LogP contribution is 2.42. The fraction of sp³-hybridized carbons (Fsp3) is 0.750. The summed E-state index contributed by atoms with van der Waals surface area (Å²) < 4.78 is 15.3. The molecule has 8 nitrogen and oxygen atoms in total. The van der Waals surface area contributed by atoms with Crippen LogP contribution in [-0.4, -0.2) is 62.5 Å². The molecule has 2 unspecified atom stereocenters. The van der Waals surface area contributed by atoms with E-state index >= 15 is 0 Å². The quantitative estimate of drug-likeness (QED) is 0.704. The van der Waals surface area contributed by atoms with Crippen LogP contribution >= 0.6 is 11.6 Å². The van der Waals surface area contributed by atoms with E-state index in [2.05, 4.69) is 21.9 Å². The highest BCUT2D eigenvalue weighted by Gasteiger charge is 2.43. The lowest BCUT2D eigenvalue weighted by Gasteiger charge is -2.20. The third kappa shape index (κ3) is 3.55. The number of rotatable bonds is 4. The first-order chi connectivity index (χ1) is 14.0. The maximum atomic E-state index is 13.0. The Morgan fingerprint density at radius 2 is 2.00 bits per heavy atom. The van der Waals surface area contributed by atoms with Gasteiger partial charge >= 0.3 is 5.69 Å². The molecule has 0 aliphatic carbocycles. The third-order valence-corrected chi connectivity index (χ3v) is 6.52. The van der Waals surface area contributed by atoms with Crippen molar-refractivity contribution in [1.29, 1.82) is 0 Å². The Hall–Kier alpha value is -1.64. The number of nitrogens with zero attached hydrogens (tertiary/aromatic N) is 5. The number of imidazole rings is 1. The van der Waals surface area contributed by atoms with Crippen LogP contribution in [0.2, 0.25) is 5.28 Å². The smallest absolute Gasteiger partial charge is 0.330 e. The van der Waals surface area contributed by atoms with Gasteiger partial charge < -0.3 is 14.4 Å². The van der Waals surface area contributed by atoms with Crippen LogP contribution in [0.3, 0.4) is 0 Å². The van der Waals surface area contributed by atoms with Crippen molar-refractivity contribution >= 4 is 22.8 Å². The zero-order valence-electron chi connectivity index (χ0n) is 17.6. The summed E-state index contributed by atoms with van der Waals surface area (Å²) in [4.78, 5) is 24.0. The minimum absolute atomic E-state index is 0.000248. The lowest BCUT2D eigenvalue weighted by atomic mass is 9.95. The van der Waals surface area contributed by atoms with E-state index in [9.17, 15) is 4.79 Å². The number of hydrogen-bond donors (Lipinski definition) is 0. The number of hydrogen-bond acceptors (Lipinski definition) is 6. The van der Waals surface area contributed by atoms with Crippen molar-refractivity contribution in [2.75, 3.05) is 20.2 Å². The summed E-state index contributed by atoms with van der Waals surface area (Å²) >= 11 is 6.20. The van der Waals surface area contributed by atoms with Gasteiger partial charge in [-0.3, -0.25) is 9.13 Å². The second-order valence-corrected chi connectivity index (χ2v) is 8.28. The molecule has 2 aromatic heterocycles. The molecule has 2 aromatic rings. The summed E-state index contributed by atoms with van der Waals surface area (Å²) in [7, 11) is 3.84. The number of ether oxygens (including phenoxy) is 2. The molecule has 3 fully saturated rings. The first kappa shape index (κ1) is 20.6. The number of aromatic nitrogens is 4. The zero-order chi connectivity index (χ0) is 20.7. The number of likely N-dealkylation sites (N-methyl/N-ethyl adjacent to an activating group) is 1. The maximum absolute atomic E-state index is 13.0. The molecule has 0 amide bonds. The molecule has 0 spiro atoms. The Labute approximate surface area is 175 Å². The van der Waals surface area contributed by atoms with Crippen LogP contribution in [0.15, 0.2) is 4.79 Å². The molecular weight excluding hydrogens is 394 g/mol. The second-order valence-electron chi connectivity index (χ2n) is 7.95. The highest BCUT2D eigenvalue weighted by atomic mass is 35.5. The van der Waals surface area contributed by atoms with Crippen LogP contribution in [0, 0.1) is 0 Å². The van der Waals surface area contributed by atoms with Crippen molar-refractivity contribution in [3.63, 3.8) is 0 Å². The lowest BCUT2D eigenvalue weighted by molar-refractivity contribution is 0.0938. The van der Waals surface area contributed by atoms with Gasteiger partial charge in [-0.25, -0.2) is 4.79 Å². The van der Waals surface area contributed by atoms with Crippen LogP contribution in [0.4, 0.5) is 0 Å². The molecule has 0 aromatic carbocycles. The van der Waals surface area contributed by atoms with Crippen molar-refractivity contribution in [1.82, 2.24) is 24.0 Å². The molecule has 5 heterocycles. The zero-order valence-corrected chi connectivity index (χ0v) is 18.4. The summed E-state index contributed by atoms with van der Waals surface area (Å²) in [5.74, 6) is 0.382. The highest BCUT2D eigenvalue weighted by molar-refractivity contribution is 6.28. The summed E-state index contributed by atoms with van der Waals surface area (Å²) in [5.41, 5.74) is 1.02. The van der Waals surface area contributed by atoms with Crippen molar-refractivity contribution in [2.45, 2.75) is 70.2 Å². The fourth-order valence-electron chi connectivity index (χ4n) is 4.85. The van der Waals surface area contributed by atoms with Crippen LogP contribution < -0.4 is 10.4 Å². The van der Waals surface area contributed by atoms with Crippen molar-refractivity contribution in [2.24, 2.45) is 7.05 Å². The normalized spacial score (nSPS) is 28.7. The van der Waals surface area contributed by atoms with E-state index in [4.69, 9.17) is 21.1 Å². The van der Waals surface area contributed by atoms with Crippen molar-refractivity contribution in [3.8, 4) is 5.88 Å². The molecule has 4 atom stereocenters. The van der Waals surface area contributed by atoms with Crippen LogP contribution in [0.25, 0.3) is 11.2 Å². The average Bonchev–Trinajstić information content (AvgIpc) is 3.48. The molecular formula is C20H30ClN5O3. The van der Waals surface area contributed by atoms with Crippen molar-refractivity contribution in [3.05, 3.63) is 15.8 Å². The summed E-state index contributed by atoms with van der Waals surface area (Å²) in [5, 5.41) is 0.0979. The summed E-state index contributed by atoms with van der Waals surface area (Å²) in [6.07, 6.45) is 5.48. The SMILES string of the molecule is CC.CN1CCC[C@H]1COc1nc(Cl)nc2c1n(C)c(=O)n2[C@H]1CC2CCC1O2. The van der Waals surface area contributed by atoms with Gasteiger partial charge in [0, 0.05) is 13.1 Å². The second kappa shape index (κ2) is 8.24. The Balaban J connectivity index is 0.000000994. The van der Waals surface area contributed by atoms with Crippen LogP contribution in [0.5, 0.6) is 5.88 Å². The molecule has 3 saturated heterocycles. The predicted molar refractivity (Wildman–Crippen MR) is 112 cm³/mol. The van der Waals surface area contributed by atoms with Gasteiger partial charge in [-0.2, -0.15) is 9.97 Å². The van der Waals surface area contributed by atoms with Gasteiger partial charge in [0.1, 0.15) is 6.61 Å². The van der Waals surface area contributed by atoms with Gasteiger partial charge in [-0.05, 0) is 57.3 Å². The maximum Gasteiger partial charge on any atom is 0.330 e. The van der Waals surface area contributed by atoms with E-state index in [1.54, 1.807) is 16.2 Å². The molecule has 29 heavy (non-hydrogen) atoms. The minimum Gasteiger partial charge on any atom is -0.474 e. The summed E-state index contributed by atoms with van der Waals surface area (Å²) in [6.45, 7) is 5.60. The van der Waals surface area contributed by atoms with E-state index in [1.165, 1.54) is 6.42 Å². The van der Waals surface area contributed by atoms with Gasteiger partial charge in [-0.1, -0.05) is 13.8 Å². The Morgan fingerprint density at radius 1 is 1.21 bits per heavy atom. The number of likely N-dealkylation sites (tertiary alicyclic amines) is 1. The topological polar surface area (TPSA) is 74.4 Å². The Kier molecular flexibility index (Phi) is 5.86. The largest absolute Gasteiger partial charge is 0.474 e. The van der Waals surface area contributed by atoms with E-state index in [0.29, 0.717) is 29.7 Å². The Morgan fingerprint density at radius 3 is 2.62 bits per heavy atom. The average molecular weight is 424 g/mol. The molecule has 160 valence electrons. The van der Waals surface area contributed by atoms with Gasteiger partial charge in [0.25, 0.3) is 0 Å². The predicted octanol–water partition coefficient (Wildman–Crippen LogP) is 2.78. The lowest BCUT2D eigenvalue weighted by Crippen LogP contribution is -2.31. The van der Waals surface area contributed by atoms with Crippen molar-refractivity contribution < 1.29 is 9.47 Å². The molecule has 0 radical (unpaired) electrons. The molecule has 9 heteroatoms. The van der Waals surface area contributed by atoms with E-state index in [-0.39, 0.29) is 29.2 Å².